The molecule has 0 aliphatic rings. The van der Waals surface area contributed by atoms with E-state index >= 15 is 0 Å². The molecule has 23 heavy (non-hydrogen) atoms. The fraction of sp³-hybridized carbons (Fsp3) is 0.600. The van der Waals surface area contributed by atoms with E-state index in [1.165, 1.54) is 0 Å². The van der Waals surface area contributed by atoms with Crippen molar-refractivity contribution in [1.82, 2.24) is 10.2 Å². The molecule has 1 atom stereocenters. The van der Waals surface area contributed by atoms with Gasteiger partial charge in [0.15, 0.2) is 0 Å². The zero-order chi connectivity index (χ0) is 15.9. The molecule has 0 bridgehead atoms. The number of ether oxygens (including phenoxy) is 1. The normalized spacial score (nSPS) is 12.3. The smallest absolute Gasteiger partial charge is 0.209 e. The second kappa shape index (κ2) is 12.7. The van der Waals surface area contributed by atoms with Gasteiger partial charge in [0.25, 0.3) is 0 Å². The van der Waals surface area contributed by atoms with Crippen molar-refractivity contribution in [2.24, 2.45) is 0 Å². The molecule has 0 saturated heterocycles. The van der Waals surface area contributed by atoms with E-state index in [1.54, 1.807) is 7.11 Å². The van der Waals surface area contributed by atoms with Crippen LogP contribution in [0.1, 0.15) is 25.5 Å². The van der Waals surface area contributed by atoms with Gasteiger partial charge in [-0.2, -0.15) is 0 Å². The number of nitrogens with one attached hydrogen (secondary N) is 1. The molecule has 0 aromatic heterocycles. The van der Waals surface area contributed by atoms with Gasteiger partial charge in [-0.25, -0.2) is 0 Å². The average Bonchev–Trinajstić information content (AvgIpc) is 2.46. The van der Waals surface area contributed by atoms with Crippen LogP contribution in [-0.4, -0.2) is 42.0 Å². The minimum Gasteiger partial charge on any atom is -0.497 e. The predicted molar refractivity (Wildman–Crippen MR) is 106 cm³/mol. The van der Waals surface area contributed by atoms with Crippen LogP contribution in [0, 0.1) is 0 Å². The molecule has 0 radical (unpaired) electrons. The lowest BCUT2D eigenvalue weighted by atomic mass is 10.1. The van der Waals surface area contributed by atoms with Crippen molar-refractivity contribution in [3.63, 3.8) is 0 Å². The van der Waals surface area contributed by atoms with E-state index in [0.717, 1.165) is 37.5 Å². The molecular weight excluding hydrogens is 401 g/mol. The second-order valence-corrected chi connectivity index (χ2v) is 7.10. The van der Waals surface area contributed by atoms with E-state index in [4.69, 9.17) is 39.5 Å². The van der Waals surface area contributed by atoms with Crippen molar-refractivity contribution >= 4 is 59.6 Å². The van der Waals surface area contributed by atoms with Gasteiger partial charge in [-0.1, -0.05) is 60.8 Å². The van der Waals surface area contributed by atoms with Crippen molar-refractivity contribution in [2.75, 3.05) is 33.3 Å². The quantitative estimate of drug-likeness (QED) is 0.600. The fourth-order valence-corrected chi connectivity index (χ4v) is 2.74. The van der Waals surface area contributed by atoms with E-state index in [-0.39, 0.29) is 30.9 Å². The number of benzene rings is 1. The summed E-state index contributed by atoms with van der Waals surface area (Å²) in [5.41, 5.74) is 0.926. The molecule has 0 amide bonds. The third kappa shape index (κ3) is 8.87. The SMILES string of the molecule is CCN(CC)CCNC(c1ccc(OC)cc1)C(Cl)(Cl)Cl.Cl.Cl. The van der Waals surface area contributed by atoms with Crippen molar-refractivity contribution < 1.29 is 4.74 Å². The first-order valence-electron chi connectivity index (χ1n) is 7.08. The van der Waals surface area contributed by atoms with Crippen LogP contribution in [0.2, 0.25) is 0 Å². The summed E-state index contributed by atoms with van der Waals surface area (Å²) in [6, 6.07) is 7.20. The van der Waals surface area contributed by atoms with Crippen molar-refractivity contribution in [2.45, 2.75) is 23.7 Å². The first-order valence-corrected chi connectivity index (χ1v) is 8.22. The molecule has 0 heterocycles. The van der Waals surface area contributed by atoms with E-state index < -0.39 is 3.79 Å². The Labute approximate surface area is 166 Å². The highest BCUT2D eigenvalue weighted by Crippen LogP contribution is 2.40. The van der Waals surface area contributed by atoms with Gasteiger partial charge in [-0.3, -0.25) is 0 Å². The third-order valence-corrected chi connectivity index (χ3v) is 4.10. The van der Waals surface area contributed by atoms with Crippen LogP contribution in [0.15, 0.2) is 24.3 Å². The fourth-order valence-electron chi connectivity index (χ4n) is 2.13. The van der Waals surface area contributed by atoms with Crippen LogP contribution < -0.4 is 10.1 Å². The zero-order valence-electron chi connectivity index (χ0n) is 13.5. The average molecular weight is 427 g/mol. The zero-order valence-corrected chi connectivity index (χ0v) is 17.4. The highest BCUT2D eigenvalue weighted by Gasteiger charge is 2.33. The molecule has 0 saturated carbocycles. The Morgan fingerprint density at radius 2 is 1.61 bits per heavy atom. The standard InChI is InChI=1S/C15H23Cl3N2O.2ClH/c1-4-20(5-2)11-10-19-14(15(16,17)18)12-6-8-13(21-3)9-7-12;;/h6-9,14,19H,4-5,10-11H2,1-3H3;2*1H. The molecule has 0 aliphatic carbocycles. The highest BCUT2D eigenvalue weighted by molar-refractivity contribution is 6.68. The Morgan fingerprint density at radius 3 is 2.00 bits per heavy atom. The first kappa shape index (κ1) is 25.6. The van der Waals surface area contributed by atoms with E-state index in [2.05, 4.69) is 24.1 Å². The largest absolute Gasteiger partial charge is 0.497 e. The molecule has 0 fully saturated rings. The Morgan fingerprint density at radius 1 is 1.09 bits per heavy atom. The molecule has 1 rings (SSSR count). The minimum absolute atomic E-state index is 0. The summed E-state index contributed by atoms with van der Waals surface area (Å²) < 4.78 is 3.75. The van der Waals surface area contributed by atoms with Gasteiger partial charge in [0.05, 0.1) is 13.2 Å². The lowest BCUT2D eigenvalue weighted by Crippen LogP contribution is -2.38. The Hall–Kier alpha value is 0.390. The topological polar surface area (TPSA) is 24.5 Å². The predicted octanol–water partition coefficient (Wildman–Crippen LogP) is 4.88. The van der Waals surface area contributed by atoms with Crippen LogP contribution in [0.4, 0.5) is 0 Å². The van der Waals surface area contributed by atoms with Crippen LogP contribution in [0.5, 0.6) is 5.75 Å². The number of methoxy groups -OCH3 is 1. The summed E-state index contributed by atoms with van der Waals surface area (Å²) in [4.78, 5) is 2.32. The number of nitrogens with zero attached hydrogens (tertiary/aromatic N) is 1. The lowest BCUT2D eigenvalue weighted by molar-refractivity contribution is 0.296. The maximum atomic E-state index is 6.11. The molecule has 8 heteroatoms. The maximum absolute atomic E-state index is 6.11. The van der Waals surface area contributed by atoms with E-state index in [1.807, 2.05) is 24.3 Å². The Bertz CT molecular complexity index is 407. The minimum atomic E-state index is -1.40. The van der Waals surface area contributed by atoms with E-state index in [9.17, 15) is 0 Å². The summed E-state index contributed by atoms with van der Waals surface area (Å²) >= 11 is 18.3. The number of likely N-dealkylation sites (N-methyl/N-ethyl adjacent to an activating group) is 1. The van der Waals surface area contributed by atoms with Gasteiger partial charge in [-0.15, -0.1) is 24.8 Å². The van der Waals surface area contributed by atoms with Gasteiger partial charge >= 0.3 is 0 Å². The number of halogens is 5. The number of alkyl halides is 3. The van der Waals surface area contributed by atoms with Crippen molar-refractivity contribution in [3.8, 4) is 5.75 Å². The van der Waals surface area contributed by atoms with Crippen LogP contribution >= 0.6 is 59.6 Å². The molecule has 1 N–H and O–H groups in total. The van der Waals surface area contributed by atoms with Crippen molar-refractivity contribution in [3.05, 3.63) is 29.8 Å². The lowest BCUT2D eigenvalue weighted by Gasteiger charge is -2.27. The maximum Gasteiger partial charge on any atom is 0.209 e. The van der Waals surface area contributed by atoms with Gasteiger partial charge in [0.2, 0.25) is 3.79 Å². The number of hydrogen-bond acceptors (Lipinski definition) is 3. The van der Waals surface area contributed by atoms with Crippen molar-refractivity contribution in [1.29, 1.82) is 0 Å². The first-order chi connectivity index (χ1) is 9.92. The van der Waals surface area contributed by atoms with Crippen LogP contribution in [-0.2, 0) is 0 Å². The van der Waals surface area contributed by atoms with Gasteiger partial charge in [0.1, 0.15) is 5.75 Å². The summed E-state index contributed by atoms with van der Waals surface area (Å²) in [5.74, 6) is 0.782. The second-order valence-electron chi connectivity index (χ2n) is 4.73. The van der Waals surface area contributed by atoms with Gasteiger partial charge in [0, 0.05) is 13.1 Å². The summed E-state index contributed by atoms with van der Waals surface area (Å²) in [6.45, 7) is 7.98. The molecule has 0 aliphatic heterocycles. The molecule has 3 nitrogen and oxygen atoms in total. The molecule has 0 spiro atoms. The summed E-state index contributed by atoms with van der Waals surface area (Å²) in [5, 5.41) is 3.33. The van der Waals surface area contributed by atoms with Gasteiger partial charge in [-0.05, 0) is 30.8 Å². The van der Waals surface area contributed by atoms with Gasteiger partial charge < -0.3 is 15.0 Å². The van der Waals surface area contributed by atoms with Crippen LogP contribution in [0.25, 0.3) is 0 Å². The molecule has 1 unspecified atom stereocenters. The Kier molecular flexibility index (Phi) is 14.2. The molecular formula is C15H25Cl5N2O. The molecule has 1 aromatic rings. The highest BCUT2D eigenvalue weighted by atomic mass is 35.6. The van der Waals surface area contributed by atoms with Crippen LogP contribution in [0.3, 0.4) is 0 Å². The number of hydrogen-bond donors (Lipinski definition) is 1. The third-order valence-electron chi connectivity index (χ3n) is 3.45. The summed E-state index contributed by atoms with van der Waals surface area (Å²) in [6.07, 6.45) is 0. The number of rotatable bonds is 8. The Balaban J connectivity index is 0. The molecule has 136 valence electrons. The van der Waals surface area contributed by atoms with E-state index in [0.29, 0.717) is 0 Å². The molecule has 1 aromatic carbocycles. The summed E-state index contributed by atoms with van der Waals surface area (Å²) in [7, 11) is 1.63. The monoisotopic (exact) mass is 424 g/mol.